The van der Waals surface area contributed by atoms with E-state index < -0.39 is 22.5 Å². The zero-order chi connectivity index (χ0) is 21.8. The maximum absolute atomic E-state index is 12.7. The second-order valence-electron chi connectivity index (χ2n) is 6.00. The molecular weight excluding hydrogens is 396 g/mol. The van der Waals surface area contributed by atoms with Crippen molar-refractivity contribution >= 4 is 23.3 Å². The molecule has 0 aliphatic carbocycles. The molecule has 12 nitrogen and oxygen atoms in total. The summed E-state index contributed by atoms with van der Waals surface area (Å²) in [7, 11) is 2.62. The van der Waals surface area contributed by atoms with Crippen LogP contribution >= 0.6 is 0 Å². The Morgan fingerprint density at radius 3 is 2.47 bits per heavy atom. The molecule has 12 heteroatoms. The number of nitro benzene ring substituents is 1. The average molecular weight is 412 g/mol. The van der Waals surface area contributed by atoms with Gasteiger partial charge in [0.1, 0.15) is 11.4 Å². The number of amides is 1. The molecule has 1 amide bonds. The minimum Gasteiger partial charge on any atom is -0.494 e. The van der Waals surface area contributed by atoms with Crippen molar-refractivity contribution in [3.05, 3.63) is 63.5 Å². The molecule has 0 aliphatic heterocycles. The molecule has 2 aromatic carbocycles. The number of nitrogens with one attached hydrogen (secondary N) is 1. The van der Waals surface area contributed by atoms with Gasteiger partial charge in [-0.25, -0.2) is 4.79 Å². The Labute approximate surface area is 169 Å². The highest BCUT2D eigenvalue weighted by atomic mass is 16.6. The second-order valence-corrected chi connectivity index (χ2v) is 6.00. The zero-order valence-corrected chi connectivity index (χ0v) is 16.1. The molecule has 0 fully saturated rings. The smallest absolute Gasteiger partial charge is 0.338 e. The molecule has 1 aromatic heterocycles. The maximum Gasteiger partial charge on any atom is 0.338 e. The van der Waals surface area contributed by atoms with E-state index in [-0.39, 0.29) is 11.1 Å². The standard InChI is InChI=1S/C18H16N6O6/c1-10-20-21-22-23(10)15-9-13(4-5-16(15)29-2)19-17(25)11-6-12(18(26)30-3)8-14(7-11)24(27)28/h4-9H,1-3H3,(H,19,25). The molecule has 0 saturated carbocycles. The fourth-order valence-corrected chi connectivity index (χ4v) is 2.67. The first kappa shape index (κ1) is 20.4. The normalized spacial score (nSPS) is 10.4. The number of rotatable bonds is 6. The molecule has 0 bridgehead atoms. The van der Waals surface area contributed by atoms with Gasteiger partial charge in [-0.1, -0.05) is 0 Å². The first-order valence-corrected chi connectivity index (χ1v) is 8.46. The largest absolute Gasteiger partial charge is 0.494 e. The van der Waals surface area contributed by atoms with E-state index in [2.05, 4.69) is 25.6 Å². The zero-order valence-electron chi connectivity index (χ0n) is 16.1. The monoisotopic (exact) mass is 412 g/mol. The van der Waals surface area contributed by atoms with E-state index >= 15 is 0 Å². The predicted octanol–water partition coefficient (Wildman–Crippen LogP) is 1.93. The number of esters is 1. The number of aromatic nitrogens is 4. The number of carbonyl (C=O) groups excluding carboxylic acids is 2. The lowest BCUT2D eigenvalue weighted by atomic mass is 10.1. The number of anilines is 1. The Morgan fingerprint density at radius 1 is 1.13 bits per heavy atom. The third-order valence-electron chi connectivity index (χ3n) is 4.10. The quantitative estimate of drug-likeness (QED) is 0.363. The van der Waals surface area contributed by atoms with Crippen LogP contribution in [0.5, 0.6) is 5.75 Å². The van der Waals surface area contributed by atoms with Gasteiger partial charge in [-0.15, -0.1) is 5.10 Å². The number of hydrogen-bond donors (Lipinski definition) is 1. The number of nitro groups is 1. The van der Waals surface area contributed by atoms with Gasteiger partial charge in [0, 0.05) is 23.4 Å². The molecule has 0 unspecified atom stereocenters. The summed E-state index contributed by atoms with van der Waals surface area (Å²) >= 11 is 0. The maximum atomic E-state index is 12.7. The van der Waals surface area contributed by atoms with Crippen LogP contribution in [0.4, 0.5) is 11.4 Å². The number of non-ortho nitro benzene ring substituents is 1. The van der Waals surface area contributed by atoms with Gasteiger partial charge >= 0.3 is 5.97 Å². The average Bonchev–Trinajstić information content (AvgIpc) is 3.18. The van der Waals surface area contributed by atoms with Crippen LogP contribution in [0.2, 0.25) is 0 Å². The molecule has 154 valence electrons. The summed E-state index contributed by atoms with van der Waals surface area (Å²) < 4.78 is 11.3. The molecule has 30 heavy (non-hydrogen) atoms. The molecule has 0 atom stereocenters. The van der Waals surface area contributed by atoms with Crippen molar-refractivity contribution in [2.75, 3.05) is 19.5 Å². The number of hydrogen-bond acceptors (Lipinski definition) is 9. The van der Waals surface area contributed by atoms with Crippen molar-refractivity contribution in [3.8, 4) is 11.4 Å². The molecular formula is C18H16N6O6. The molecule has 1 N–H and O–H groups in total. The van der Waals surface area contributed by atoms with Crippen LogP contribution in [-0.2, 0) is 4.74 Å². The fraction of sp³-hybridized carbons (Fsp3) is 0.167. The summed E-state index contributed by atoms with van der Waals surface area (Å²) in [5.41, 5.74) is 0.226. The predicted molar refractivity (Wildman–Crippen MR) is 103 cm³/mol. The van der Waals surface area contributed by atoms with Gasteiger partial charge in [-0.05, 0) is 41.6 Å². The SMILES string of the molecule is COC(=O)c1cc(C(=O)Nc2ccc(OC)c(-n3nnnc3C)c2)cc([N+](=O)[O-])c1. The molecule has 0 spiro atoms. The minimum atomic E-state index is -0.798. The van der Waals surface area contributed by atoms with Crippen molar-refractivity contribution in [3.63, 3.8) is 0 Å². The highest BCUT2D eigenvalue weighted by Crippen LogP contribution is 2.27. The van der Waals surface area contributed by atoms with E-state index in [0.29, 0.717) is 22.9 Å². The van der Waals surface area contributed by atoms with Crippen LogP contribution in [-0.4, -0.2) is 51.2 Å². The minimum absolute atomic E-state index is 0.0828. The second kappa shape index (κ2) is 8.34. The molecule has 0 radical (unpaired) electrons. The number of ether oxygens (including phenoxy) is 2. The van der Waals surface area contributed by atoms with Crippen LogP contribution in [0.3, 0.4) is 0 Å². The third-order valence-corrected chi connectivity index (χ3v) is 4.10. The van der Waals surface area contributed by atoms with Gasteiger partial charge in [0.05, 0.1) is 24.7 Å². The van der Waals surface area contributed by atoms with E-state index in [1.807, 2.05) is 0 Å². The Bertz CT molecular complexity index is 1140. The summed E-state index contributed by atoms with van der Waals surface area (Å²) in [5, 5.41) is 25.1. The summed E-state index contributed by atoms with van der Waals surface area (Å²) in [6.07, 6.45) is 0. The summed E-state index contributed by atoms with van der Waals surface area (Å²) in [6, 6.07) is 8.09. The van der Waals surface area contributed by atoms with Gasteiger partial charge in [0.15, 0.2) is 5.82 Å². The number of methoxy groups -OCH3 is 2. The molecule has 1 heterocycles. The Balaban J connectivity index is 1.96. The highest BCUT2D eigenvalue weighted by Gasteiger charge is 2.19. The summed E-state index contributed by atoms with van der Waals surface area (Å²) in [5.74, 6) is -0.494. The summed E-state index contributed by atoms with van der Waals surface area (Å²) in [6.45, 7) is 1.70. The highest BCUT2D eigenvalue weighted by molar-refractivity contribution is 6.06. The van der Waals surface area contributed by atoms with Gasteiger partial charge < -0.3 is 14.8 Å². The number of carbonyl (C=O) groups is 2. The van der Waals surface area contributed by atoms with Gasteiger partial charge in [-0.2, -0.15) is 4.68 Å². The van der Waals surface area contributed by atoms with Crippen LogP contribution in [0.15, 0.2) is 36.4 Å². The third kappa shape index (κ3) is 4.06. The lowest BCUT2D eigenvalue weighted by molar-refractivity contribution is -0.384. The van der Waals surface area contributed by atoms with Crippen LogP contribution in [0, 0.1) is 17.0 Å². The van der Waals surface area contributed by atoms with E-state index in [9.17, 15) is 19.7 Å². The lowest BCUT2D eigenvalue weighted by Crippen LogP contribution is -2.14. The van der Waals surface area contributed by atoms with Crippen molar-refractivity contribution < 1.29 is 24.0 Å². The first-order valence-electron chi connectivity index (χ1n) is 8.46. The molecule has 0 aliphatic rings. The number of tetrazole rings is 1. The van der Waals surface area contributed by atoms with E-state index in [0.717, 1.165) is 19.2 Å². The van der Waals surface area contributed by atoms with Gasteiger partial charge in [-0.3, -0.25) is 14.9 Å². The van der Waals surface area contributed by atoms with E-state index in [1.54, 1.807) is 25.1 Å². The molecule has 3 rings (SSSR count). The Kier molecular flexibility index (Phi) is 5.67. The van der Waals surface area contributed by atoms with Crippen molar-refractivity contribution in [1.82, 2.24) is 20.2 Å². The Hall–Kier alpha value is -4.35. The van der Waals surface area contributed by atoms with Crippen molar-refractivity contribution in [2.45, 2.75) is 6.92 Å². The van der Waals surface area contributed by atoms with Gasteiger partial charge in [0.25, 0.3) is 11.6 Å². The number of nitrogens with zero attached hydrogens (tertiary/aromatic N) is 5. The van der Waals surface area contributed by atoms with Crippen LogP contribution in [0.1, 0.15) is 26.5 Å². The topological polar surface area (TPSA) is 151 Å². The van der Waals surface area contributed by atoms with Crippen LogP contribution < -0.4 is 10.1 Å². The summed E-state index contributed by atoms with van der Waals surface area (Å²) in [4.78, 5) is 35.0. The molecule has 0 saturated heterocycles. The van der Waals surface area contributed by atoms with Crippen LogP contribution in [0.25, 0.3) is 5.69 Å². The van der Waals surface area contributed by atoms with E-state index in [1.165, 1.54) is 17.9 Å². The number of aryl methyl sites for hydroxylation is 1. The van der Waals surface area contributed by atoms with E-state index in [4.69, 9.17) is 4.74 Å². The first-order chi connectivity index (χ1) is 14.3. The lowest BCUT2D eigenvalue weighted by Gasteiger charge is -2.12. The van der Waals surface area contributed by atoms with Gasteiger partial charge in [0.2, 0.25) is 0 Å². The number of benzene rings is 2. The fourth-order valence-electron chi connectivity index (χ4n) is 2.67. The van der Waals surface area contributed by atoms with Crippen molar-refractivity contribution in [2.24, 2.45) is 0 Å². The Morgan fingerprint density at radius 2 is 1.87 bits per heavy atom. The molecule has 3 aromatic rings. The van der Waals surface area contributed by atoms with Crippen molar-refractivity contribution in [1.29, 1.82) is 0 Å².